The summed E-state index contributed by atoms with van der Waals surface area (Å²) in [5.41, 5.74) is 0. The Kier molecular flexibility index (Phi) is 2.31. The third kappa shape index (κ3) is 4.65. The van der Waals surface area contributed by atoms with E-state index >= 15 is 0 Å². The Balaban J connectivity index is 3.70. The number of hydrazone groups is 1. The lowest BCUT2D eigenvalue weighted by Crippen LogP contribution is -1.83. The van der Waals surface area contributed by atoms with Gasteiger partial charge in [-0.3, -0.25) is 0 Å². The van der Waals surface area contributed by atoms with E-state index in [0.717, 1.165) is 0 Å². The zero-order valence-electron chi connectivity index (χ0n) is 3.33. The Morgan fingerprint density at radius 1 is 1.86 bits per heavy atom. The summed E-state index contributed by atoms with van der Waals surface area (Å²) in [6, 6.07) is 1.68. The van der Waals surface area contributed by atoms with Crippen LogP contribution in [0, 0.1) is 0 Å². The van der Waals surface area contributed by atoms with E-state index in [9.17, 15) is 4.79 Å². The van der Waals surface area contributed by atoms with Crippen LogP contribution in [0.5, 0.6) is 0 Å². The summed E-state index contributed by atoms with van der Waals surface area (Å²) in [6.07, 6.45) is -1.35. The highest BCUT2D eigenvalue weighted by molar-refractivity contribution is 5.73. The summed E-state index contributed by atoms with van der Waals surface area (Å²) in [5.74, 6) is 4.43. The van der Waals surface area contributed by atoms with Gasteiger partial charge in [-0.05, 0) is 0 Å². The maximum absolute atomic E-state index is 9.41. The first-order valence-corrected chi connectivity index (χ1v) is 1.36. The van der Waals surface area contributed by atoms with Gasteiger partial charge in [0.05, 0.1) is 0 Å². The van der Waals surface area contributed by atoms with Crippen molar-refractivity contribution in [3.8, 4) is 0 Å². The van der Waals surface area contributed by atoms with Crippen molar-refractivity contribution in [2.24, 2.45) is 15.9 Å². The van der Waals surface area contributed by atoms with Crippen LogP contribution in [0.2, 0.25) is 0 Å². The van der Waals surface area contributed by atoms with Gasteiger partial charge in [0.25, 0.3) is 0 Å². The minimum Gasteiger partial charge on any atom is -0.463 e. The van der Waals surface area contributed by atoms with Crippen LogP contribution in [0.15, 0.2) is 10.1 Å². The molecule has 0 saturated carbocycles. The summed E-state index contributed by atoms with van der Waals surface area (Å²) >= 11 is 0. The monoisotopic (exact) mass is 101 g/mol. The lowest BCUT2D eigenvalue weighted by Gasteiger charge is -1.65. The van der Waals surface area contributed by atoms with Gasteiger partial charge in [-0.15, -0.1) is 10.1 Å². The highest BCUT2D eigenvalue weighted by Crippen LogP contribution is 1.62. The molecule has 0 aromatic rings. The van der Waals surface area contributed by atoms with E-state index in [1.54, 1.807) is 6.01 Å². The lowest BCUT2D eigenvalue weighted by atomic mass is 11.2. The molecule has 0 bridgehead atoms. The number of nitrogens with two attached hydrogens (primary N) is 1. The molecule has 7 heavy (non-hydrogen) atoms. The van der Waals surface area contributed by atoms with Crippen molar-refractivity contribution >= 4 is 12.1 Å². The highest BCUT2D eigenvalue weighted by atomic mass is 16.4. The van der Waals surface area contributed by atoms with Gasteiger partial charge in [-0.1, -0.05) is 0 Å². The molecule has 0 aliphatic heterocycles. The SMILES string of the molecule is NN=C=NC(=O)O. The number of carboxylic acid groups (broad SMARTS) is 1. The number of carbonyl (C=O) groups is 1. The minimum atomic E-state index is -1.35. The molecule has 0 heterocycles. The van der Waals surface area contributed by atoms with Gasteiger partial charge in [-0.2, -0.15) is 0 Å². The van der Waals surface area contributed by atoms with Crippen LogP contribution in [-0.2, 0) is 0 Å². The molecule has 0 aliphatic carbocycles. The molecule has 0 aromatic carbocycles. The maximum Gasteiger partial charge on any atom is 0.440 e. The standard InChI is InChI=1S/C2H3N3O2/c3-5-1-4-2(6)7/h3H2,(H,6,7). The molecule has 38 valence electrons. The van der Waals surface area contributed by atoms with Crippen LogP contribution in [0.25, 0.3) is 0 Å². The van der Waals surface area contributed by atoms with E-state index in [0.29, 0.717) is 0 Å². The number of aliphatic imine (C=N–C) groups is 1. The molecular formula is C2H3N3O2. The van der Waals surface area contributed by atoms with Gasteiger partial charge < -0.3 is 10.9 Å². The summed E-state index contributed by atoms with van der Waals surface area (Å²) < 4.78 is 0. The minimum absolute atomic E-state index is 1.35. The van der Waals surface area contributed by atoms with E-state index in [1.807, 2.05) is 0 Å². The number of hydrogen-bond donors (Lipinski definition) is 2. The van der Waals surface area contributed by atoms with Crippen molar-refractivity contribution in [2.75, 3.05) is 0 Å². The molecule has 0 spiro atoms. The van der Waals surface area contributed by atoms with E-state index in [2.05, 4.69) is 15.9 Å². The molecule has 0 saturated heterocycles. The first kappa shape index (κ1) is 5.65. The van der Waals surface area contributed by atoms with Gasteiger partial charge in [0, 0.05) is 0 Å². The summed E-state index contributed by atoms with van der Waals surface area (Å²) in [6.45, 7) is 0. The number of amides is 1. The molecule has 0 aromatic heterocycles. The zero-order chi connectivity index (χ0) is 5.70. The molecule has 0 radical (unpaired) electrons. The topological polar surface area (TPSA) is 88.0 Å². The summed E-state index contributed by atoms with van der Waals surface area (Å²) in [5, 5.41) is 10.4. The van der Waals surface area contributed by atoms with Gasteiger partial charge in [0.2, 0.25) is 0 Å². The Hall–Kier alpha value is -1.35. The fraction of sp³-hybridized carbons (Fsp3) is 0. The first-order chi connectivity index (χ1) is 3.27. The Morgan fingerprint density at radius 3 is 2.57 bits per heavy atom. The largest absolute Gasteiger partial charge is 0.463 e. The smallest absolute Gasteiger partial charge is 0.440 e. The second-order valence-electron chi connectivity index (χ2n) is 0.623. The average Bonchev–Trinajstić information content (AvgIpc) is 1.61. The second-order valence-corrected chi connectivity index (χ2v) is 0.623. The summed E-state index contributed by atoms with van der Waals surface area (Å²) in [7, 11) is 0. The second kappa shape index (κ2) is 2.87. The highest BCUT2D eigenvalue weighted by Gasteiger charge is 1.79. The molecule has 0 unspecified atom stereocenters. The Bertz CT molecular complexity index is 123. The van der Waals surface area contributed by atoms with Crippen molar-refractivity contribution in [1.82, 2.24) is 0 Å². The molecule has 0 aliphatic rings. The number of nitrogens with zero attached hydrogens (tertiary/aromatic N) is 2. The molecular weight excluding hydrogens is 98.0 g/mol. The fourth-order valence-electron chi connectivity index (χ4n) is 0.0716. The van der Waals surface area contributed by atoms with Gasteiger partial charge in [0.1, 0.15) is 6.01 Å². The predicted octanol–water partition coefficient (Wildman–Crippen LogP) is -0.288. The molecule has 0 fully saturated rings. The fourth-order valence-corrected chi connectivity index (χ4v) is 0.0716. The van der Waals surface area contributed by atoms with Gasteiger partial charge >= 0.3 is 6.09 Å². The van der Waals surface area contributed by atoms with Gasteiger partial charge in [-0.25, -0.2) is 4.79 Å². The van der Waals surface area contributed by atoms with Crippen LogP contribution in [0.4, 0.5) is 4.79 Å². The van der Waals surface area contributed by atoms with Gasteiger partial charge in [0.15, 0.2) is 0 Å². The zero-order valence-corrected chi connectivity index (χ0v) is 3.33. The Morgan fingerprint density at radius 2 is 2.43 bits per heavy atom. The molecule has 5 heteroatoms. The third-order valence-electron chi connectivity index (χ3n) is 0.203. The van der Waals surface area contributed by atoms with Crippen LogP contribution in [0.1, 0.15) is 0 Å². The van der Waals surface area contributed by atoms with E-state index in [-0.39, 0.29) is 0 Å². The molecule has 0 rings (SSSR count). The quantitative estimate of drug-likeness (QED) is 0.249. The van der Waals surface area contributed by atoms with Crippen LogP contribution in [-0.4, -0.2) is 17.2 Å². The van der Waals surface area contributed by atoms with E-state index in [4.69, 9.17) is 5.11 Å². The number of hydrogen-bond acceptors (Lipinski definition) is 3. The van der Waals surface area contributed by atoms with Crippen molar-refractivity contribution in [1.29, 1.82) is 0 Å². The van der Waals surface area contributed by atoms with Crippen LogP contribution < -0.4 is 5.84 Å². The van der Waals surface area contributed by atoms with Crippen LogP contribution in [0.3, 0.4) is 0 Å². The predicted molar refractivity (Wildman–Crippen MR) is 22.1 cm³/mol. The van der Waals surface area contributed by atoms with E-state index < -0.39 is 6.09 Å². The van der Waals surface area contributed by atoms with Crippen molar-refractivity contribution in [3.05, 3.63) is 0 Å². The molecule has 5 nitrogen and oxygen atoms in total. The van der Waals surface area contributed by atoms with Crippen molar-refractivity contribution in [3.63, 3.8) is 0 Å². The maximum atomic E-state index is 9.41. The average molecular weight is 101 g/mol. The first-order valence-electron chi connectivity index (χ1n) is 1.36. The molecule has 3 N–H and O–H groups in total. The summed E-state index contributed by atoms with van der Waals surface area (Å²) in [4.78, 5) is 12.0. The normalized spacial score (nSPS) is 6.29. The van der Waals surface area contributed by atoms with Crippen molar-refractivity contribution < 1.29 is 9.90 Å². The lowest BCUT2D eigenvalue weighted by molar-refractivity contribution is 0.206. The van der Waals surface area contributed by atoms with Crippen LogP contribution >= 0.6 is 0 Å². The van der Waals surface area contributed by atoms with E-state index in [1.165, 1.54) is 0 Å². The molecule has 0 atom stereocenters. The van der Waals surface area contributed by atoms with Crippen molar-refractivity contribution in [2.45, 2.75) is 0 Å². The third-order valence-corrected chi connectivity index (χ3v) is 0.203. The Labute approximate surface area is 39.2 Å². The number of rotatable bonds is 0. The molecule has 1 amide bonds.